The van der Waals surface area contributed by atoms with Crippen LogP contribution in [0.2, 0.25) is 0 Å². The van der Waals surface area contributed by atoms with Crippen LogP contribution in [0.25, 0.3) is 0 Å². The second-order valence-corrected chi connectivity index (χ2v) is 4.73. The summed E-state index contributed by atoms with van der Waals surface area (Å²) in [7, 11) is 1.82. The molecule has 1 aromatic carbocycles. The summed E-state index contributed by atoms with van der Waals surface area (Å²) in [4.78, 5) is 13.7. The summed E-state index contributed by atoms with van der Waals surface area (Å²) in [6, 6.07) is 11.7. The lowest BCUT2D eigenvalue weighted by Gasteiger charge is -2.17. The highest BCUT2D eigenvalue weighted by molar-refractivity contribution is 5.76. The Labute approximate surface area is 118 Å². The molecule has 0 fully saturated rings. The number of carbonyl (C=O) groups excluding carboxylic acids is 1. The van der Waals surface area contributed by atoms with E-state index >= 15 is 0 Å². The Hall–Kier alpha value is -2.30. The van der Waals surface area contributed by atoms with Gasteiger partial charge in [-0.05, 0) is 12.5 Å². The molecule has 1 N–H and O–H groups in total. The minimum absolute atomic E-state index is 0.0987. The number of anilines is 1. The first-order valence-corrected chi connectivity index (χ1v) is 6.60. The van der Waals surface area contributed by atoms with Crippen molar-refractivity contribution in [3.63, 3.8) is 0 Å². The number of benzene rings is 1. The molecule has 0 saturated heterocycles. The second kappa shape index (κ2) is 6.75. The number of aryl methyl sites for hydroxylation is 1. The predicted octanol–water partition coefficient (Wildman–Crippen LogP) is 2.44. The standard InChI is InChI=1S/C15H19N3O2/c1-12-10-14(17-20-12)16-9-8-15(19)18(2)11-13-6-4-3-5-7-13/h3-7,10H,8-9,11H2,1-2H3,(H,16,17). The van der Waals surface area contributed by atoms with E-state index < -0.39 is 0 Å². The van der Waals surface area contributed by atoms with Crippen LogP contribution in [0.1, 0.15) is 17.7 Å². The molecule has 20 heavy (non-hydrogen) atoms. The van der Waals surface area contributed by atoms with E-state index in [4.69, 9.17) is 4.52 Å². The van der Waals surface area contributed by atoms with Crippen LogP contribution in [0.3, 0.4) is 0 Å². The van der Waals surface area contributed by atoms with Crippen LogP contribution < -0.4 is 5.32 Å². The first-order chi connectivity index (χ1) is 9.65. The molecule has 2 aromatic rings. The molecule has 106 valence electrons. The van der Waals surface area contributed by atoms with Gasteiger partial charge in [-0.25, -0.2) is 0 Å². The van der Waals surface area contributed by atoms with Gasteiger partial charge in [0.15, 0.2) is 5.82 Å². The average Bonchev–Trinajstić information content (AvgIpc) is 2.85. The van der Waals surface area contributed by atoms with Gasteiger partial charge in [-0.15, -0.1) is 0 Å². The zero-order chi connectivity index (χ0) is 14.4. The fourth-order valence-electron chi connectivity index (χ4n) is 1.88. The number of hydrogen-bond acceptors (Lipinski definition) is 4. The first kappa shape index (κ1) is 14.1. The van der Waals surface area contributed by atoms with Crippen molar-refractivity contribution in [3.05, 3.63) is 47.7 Å². The fraction of sp³-hybridized carbons (Fsp3) is 0.333. The normalized spacial score (nSPS) is 10.3. The number of amides is 1. The molecule has 0 unspecified atom stereocenters. The highest BCUT2D eigenvalue weighted by atomic mass is 16.5. The number of hydrogen-bond donors (Lipinski definition) is 1. The van der Waals surface area contributed by atoms with Crippen LogP contribution in [0.5, 0.6) is 0 Å². The van der Waals surface area contributed by atoms with Crippen molar-refractivity contribution in [1.82, 2.24) is 10.1 Å². The van der Waals surface area contributed by atoms with E-state index in [1.165, 1.54) is 0 Å². The largest absolute Gasteiger partial charge is 0.367 e. The lowest BCUT2D eigenvalue weighted by molar-refractivity contribution is -0.130. The topological polar surface area (TPSA) is 58.4 Å². The molecule has 0 aliphatic carbocycles. The van der Waals surface area contributed by atoms with Crippen molar-refractivity contribution >= 4 is 11.7 Å². The van der Waals surface area contributed by atoms with E-state index in [-0.39, 0.29) is 5.91 Å². The predicted molar refractivity (Wildman–Crippen MR) is 77.3 cm³/mol. The van der Waals surface area contributed by atoms with E-state index in [1.54, 1.807) is 11.0 Å². The summed E-state index contributed by atoms with van der Waals surface area (Å²) in [6.07, 6.45) is 0.426. The molecule has 0 spiro atoms. The quantitative estimate of drug-likeness (QED) is 0.878. The summed E-state index contributed by atoms with van der Waals surface area (Å²) < 4.78 is 4.94. The van der Waals surface area contributed by atoms with Gasteiger partial charge in [-0.3, -0.25) is 4.79 Å². The summed E-state index contributed by atoms with van der Waals surface area (Å²) >= 11 is 0. The number of carbonyl (C=O) groups is 1. The molecule has 0 atom stereocenters. The van der Waals surface area contributed by atoms with Crippen molar-refractivity contribution in [2.45, 2.75) is 19.9 Å². The average molecular weight is 273 g/mol. The maximum Gasteiger partial charge on any atom is 0.224 e. The van der Waals surface area contributed by atoms with Gasteiger partial charge < -0.3 is 14.7 Å². The van der Waals surface area contributed by atoms with Gasteiger partial charge in [-0.2, -0.15) is 0 Å². The zero-order valence-corrected chi connectivity index (χ0v) is 11.8. The van der Waals surface area contributed by atoms with Crippen LogP contribution >= 0.6 is 0 Å². The van der Waals surface area contributed by atoms with Crippen molar-refractivity contribution < 1.29 is 9.32 Å². The molecule has 1 amide bonds. The smallest absolute Gasteiger partial charge is 0.224 e. The summed E-state index contributed by atoms with van der Waals surface area (Å²) in [6.45, 7) is 3.00. The molecule has 0 saturated carbocycles. The van der Waals surface area contributed by atoms with E-state index in [9.17, 15) is 4.79 Å². The molecular formula is C15H19N3O2. The van der Waals surface area contributed by atoms with Crippen molar-refractivity contribution in [2.24, 2.45) is 0 Å². The van der Waals surface area contributed by atoms with E-state index in [0.717, 1.165) is 11.3 Å². The van der Waals surface area contributed by atoms with Gasteiger partial charge in [0.2, 0.25) is 5.91 Å². The van der Waals surface area contributed by atoms with E-state index in [2.05, 4.69) is 10.5 Å². The number of nitrogens with zero attached hydrogens (tertiary/aromatic N) is 2. The molecular weight excluding hydrogens is 254 g/mol. The summed E-state index contributed by atoms with van der Waals surface area (Å²) in [5, 5.41) is 6.88. The molecule has 0 aliphatic rings. The Bertz CT molecular complexity index is 551. The SMILES string of the molecule is Cc1cc(NCCC(=O)N(C)Cc2ccccc2)no1. The lowest BCUT2D eigenvalue weighted by Crippen LogP contribution is -2.27. The molecule has 2 rings (SSSR count). The molecule has 0 radical (unpaired) electrons. The number of rotatable bonds is 6. The van der Waals surface area contributed by atoms with Crippen molar-refractivity contribution in [3.8, 4) is 0 Å². The summed E-state index contributed by atoms with van der Waals surface area (Å²) in [5.74, 6) is 1.52. The van der Waals surface area contributed by atoms with Crippen molar-refractivity contribution in [1.29, 1.82) is 0 Å². The third-order valence-electron chi connectivity index (χ3n) is 2.96. The van der Waals surface area contributed by atoms with Crippen LogP contribution in [-0.2, 0) is 11.3 Å². The highest BCUT2D eigenvalue weighted by Crippen LogP contribution is 2.07. The molecule has 0 aliphatic heterocycles. The minimum atomic E-state index is 0.0987. The van der Waals surface area contributed by atoms with Crippen LogP contribution in [0.4, 0.5) is 5.82 Å². The van der Waals surface area contributed by atoms with Crippen LogP contribution in [0, 0.1) is 6.92 Å². The van der Waals surface area contributed by atoms with E-state index in [1.807, 2.05) is 44.3 Å². The minimum Gasteiger partial charge on any atom is -0.367 e. The number of aromatic nitrogens is 1. The molecule has 5 nitrogen and oxygen atoms in total. The highest BCUT2D eigenvalue weighted by Gasteiger charge is 2.09. The zero-order valence-electron chi connectivity index (χ0n) is 11.8. The third kappa shape index (κ3) is 4.12. The maximum atomic E-state index is 12.0. The molecule has 0 bridgehead atoms. The molecule has 1 heterocycles. The van der Waals surface area contributed by atoms with Gasteiger partial charge in [-0.1, -0.05) is 35.5 Å². The number of nitrogens with one attached hydrogen (secondary N) is 1. The fourth-order valence-corrected chi connectivity index (χ4v) is 1.88. The van der Waals surface area contributed by atoms with E-state index in [0.29, 0.717) is 25.3 Å². The van der Waals surface area contributed by atoms with Gasteiger partial charge in [0.25, 0.3) is 0 Å². The molecule has 5 heteroatoms. The van der Waals surface area contributed by atoms with Crippen molar-refractivity contribution in [2.75, 3.05) is 18.9 Å². The Morgan fingerprint density at radius 3 is 2.75 bits per heavy atom. The lowest BCUT2D eigenvalue weighted by atomic mass is 10.2. The Kier molecular flexibility index (Phi) is 4.76. The van der Waals surface area contributed by atoms with Gasteiger partial charge >= 0.3 is 0 Å². The maximum absolute atomic E-state index is 12.0. The Morgan fingerprint density at radius 1 is 1.35 bits per heavy atom. The first-order valence-electron chi connectivity index (χ1n) is 6.60. The van der Waals surface area contributed by atoms with Gasteiger partial charge in [0, 0.05) is 32.6 Å². The van der Waals surface area contributed by atoms with Gasteiger partial charge in [0.05, 0.1) is 0 Å². The summed E-state index contributed by atoms with van der Waals surface area (Å²) in [5.41, 5.74) is 1.13. The van der Waals surface area contributed by atoms with Gasteiger partial charge in [0.1, 0.15) is 5.76 Å². The third-order valence-corrected chi connectivity index (χ3v) is 2.96. The monoisotopic (exact) mass is 273 g/mol. The Morgan fingerprint density at radius 2 is 2.10 bits per heavy atom. The van der Waals surface area contributed by atoms with Crippen LogP contribution in [0.15, 0.2) is 40.9 Å². The Balaban J connectivity index is 1.74. The molecule has 1 aromatic heterocycles. The second-order valence-electron chi connectivity index (χ2n) is 4.73. The van der Waals surface area contributed by atoms with Crippen LogP contribution in [-0.4, -0.2) is 29.6 Å².